The van der Waals surface area contributed by atoms with Gasteiger partial charge in [-0.15, -0.1) is 4.73 Å². The van der Waals surface area contributed by atoms with Crippen molar-refractivity contribution in [2.45, 2.75) is 19.4 Å². The van der Waals surface area contributed by atoms with E-state index in [4.69, 9.17) is 9.57 Å². The van der Waals surface area contributed by atoms with Crippen LogP contribution in [0.5, 0.6) is 5.75 Å². The van der Waals surface area contributed by atoms with Crippen molar-refractivity contribution in [3.05, 3.63) is 86.8 Å². The highest BCUT2D eigenvalue weighted by Gasteiger charge is 2.27. The van der Waals surface area contributed by atoms with Gasteiger partial charge in [-0.05, 0) is 62.3 Å². The Balaban J connectivity index is 1.36. The number of rotatable bonds is 5. The summed E-state index contributed by atoms with van der Waals surface area (Å²) in [5, 5.41) is -0.0675. The van der Waals surface area contributed by atoms with E-state index in [0.717, 1.165) is 21.4 Å². The van der Waals surface area contributed by atoms with Crippen molar-refractivity contribution in [2.24, 2.45) is 5.92 Å². The van der Waals surface area contributed by atoms with Gasteiger partial charge in [0.25, 0.3) is 5.56 Å². The van der Waals surface area contributed by atoms with Crippen molar-refractivity contribution >= 4 is 28.6 Å². The minimum atomic E-state index is -0.981. The van der Waals surface area contributed by atoms with Crippen molar-refractivity contribution in [1.82, 2.24) is 14.2 Å². The van der Waals surface area contributed by atoms with Gasteiger partial charge in [-0.1, -0.05) is 6.07 Å². The highest BCUT2D eigenvalue weighted by Crippen LogP contribution is 2.23. The van der Waals surface area contributed by atoms with E-state index in [1.165, 1.54) is 42.5 Å². The SMILES string of the molecule is O=C1/C=C\C(=O)On2c(=O)n(CCN3CCC(C(=O)c4ccc(F)cc4)CC3)c(=O)c3c(cccc32)O1. The standard InChI is InChI=1S/C26H22FN3O7/c27-18-6-4-16(5-7-18)24(33)17-10-12-28(13-11-17)14-15-29-25(34)23-19-2-1-3-20(23)36-21(31)8-9-22(32)37-30(19)26(29)35/h1-9,17H,10-15H2/b9-8-. The molecular formula is C26H22FN3O7. The topological polar surface area (TPSA) is 117 Å². The summed E-state index contributed by atoms with van der Waals surface area (Å²) in [7, 11) is 0. The Hall–Kier alpha value is -4.38. The van der Waals surface area contributed by atoms with Crippen LogP contribution in [0.2, 0.25) is 0 Å². The third-order valence-corrected chi connectivity index (χ3v) is 6.56. The molecule has 0 radical (unpaired) electrons. The summed E-state index contributed by atoms with van der Waals surface area (Å²) in [6.45, 7) is 1.45. The quantitative estimate of drug-likeness (QED) is 0.289. The number of likely N-dealkylation sites (tertiary alicyclic amines) is 1. The zero-order valence-electron chi connectivity index (χ0n) is 19.6. The summed E-state index contributed by atoms with van der Waals surface area (Å²) in [6, 6.07) is 9.80. The molecule has 0 spiro atoms. The highest BCUT2D eigenvalue weighted by molar-refractivity contribution is 5.98. The van der Waals surface area contributed by atoms with Crippen LogP contribution in [-0.2, 0) is 16.1 Å². The molecule has 10 nitrogen and oxygen atoms in total. The number of carbonyl (C=O) groups is 3. The number of ether oxygens (including phenoxy) is 1. The summed E-state index contributed by atoms with van der Waals surface area (Å²) in [4.78, 5) is 70.5. The Morgan fingerprint density at radius 3 is 2.35 bits per heavy atom. The lowest BCUT2D eigenvalue weighted by Crippen LogP contribution is -2.46. The number of benzene rings is 2. The van der Waals surface area contributed by atoms with E-state index in [9.17, 15) is 28.4 Å². The second-order valence-electron chi connectivity index (χ2n) is 8.84. The minimum Gasteiger partial charge on any atom is -0.422 e. The second-order valence-corrected chi connectivity index (χ2v) is 8.84. The van der Waals surface area contributed by atoms with Crippen LogP contribution in [0.15, 0.2) is 64.2 Å². The van der Waals surface area contributed by atoms with E-state index in [0.29, 0.717) is 38.0 Å². The maximum Gasteiger partial charge on any atom is 0.365 e. The van der Waals surface area contributed by atoms with Crippen LogP contribution in [0.3, 0.4) is 0 Å². The summed E-state index contributed by atoms with van der Waals surface area (Å²) in [5.41, 5.74) is -1.05. The van der Waals surface area contributed by atoms with Gasteiger partial charge in [0.1, 0.15) is 22.5 Å². The molecule has 190 valence electrons. The number of hydrogen-bond donors (Lipinski definition) is 0. The number of nitrogens with zero attached hydrogens (tertiary/aromatic N) is 3. The molecule has 2 aliphatic heterocycles. The fourth-order valence-corrected chi connectivity index (χ4v) is 4.62. The third kappa shape index (κ3) is 4.85. The Bertz CT molecular complexity index is 1550. The molecule has 0 aliphatic carbocycles. The molecule has 5 rings (SSSR count). The van der Waals surface area contributed by atoms with Crippen molar-refractivity contribution < 1.29 is 28.3 Å². The van der Waals surface area contributed by atoms with Crippen LogP contribution in [-0.4, -0.2) is 51.6 Å². The predicted molar refractivity (Wildman–Crippen MR) is 129 cm³/mol. The monoisotopic (exact) mass is 507 g/mol. The van der Waals surface area contributed by atoms with Gasteiger partial charge in [-0.3, -0.25) is 14.2 Å². The van der Waals surface area contributed by atoms with Crippen LogP contribution >= 0.6 is 0 Å². The first-order chi connectivity index (χ1) is 17.8. The Kier molecular flexibility index (Phi) is 6.53. The van der Waals surface area contributed by atoms with Gasteiger partial charge in [-0.2, -0.15) is 0 Å². The van der Waals surface area contributed by atoms with Gasteiger partial charge in [-0.25, -0.2) is 18.8 Å². The predicted octanol–water partition coefficient (Wildman–Crippen LogP) is 1.33. The molecule has 0 amide bonds. The largest absolute Gasteiger partial charge is 0.422 e. The molecule has 37 heavy (non-hydrogen) atoms. The third-order valence-electron chi connectivity index (χ3n) is 6.56. The minimum absolute atomic E-state index is 0.000296. The van der Waals surface area contributed by atoms with E-state index in [2.05, 4.69) is 0 Å². The first-order valence-electron chi connectivity index (χ1n) is 11.7. The maximum atomic E-state index is 13.3. The van der Waals surface area contributed by atoms with Crippen molar-refractivity contribution in [1.29, 1.82) is 0 Å². The lowest BCUT2D eigenvalue weighted by Gasteiger charge is -2.31. The van der Waals surface area contributed by atoms with Crippen LogP contribution in [0, 0.1) is 11.7 Å². The van der Waals surface area contributed by atoms with Crippen LogP contribution in [0.4, 0.5) is 4.39 Å². The van der Waals surface area contributed by atoms with E-state index in [1.54, 1.807) is 0 Å². The molecule has 1 aromatic heterocycles. The molecule has 2 aromatic carbocycles. The number of hydrogen-bond acceptors (Lipinski definition) is 8. The van der Waals surface area contributed by atoms with Crippen molar-refractivity contribution in [3.63, 3.8) is 0 Å². The van der Waals surface area contributed by atoms with Gasteiger partial charge in [0.2, 0.25) is 0 Å². The lowest BCUT2D eigenvalue weighted by atomic mass is 9.89. The fraction of sp³-hybridized carbons (Fsp3) is 0.269. The van der Waals surface area contributed by atoms with E-state index < -0.39 is 29.0 Å². The molecule has 0 N–H and O–H groups in total. The van der Waals surface area contributed by atoms with E-state index >= 15 is 0 Å². The fourth-order valence-electron chi connectivity index (χ4n) is 4.62. The van der Waals surface area contributed by atoms with Gasteiger partial charge < -0.3 is 14.5 Å². The molecule has 3 heterocycles. The van der Waals surface area contributed by atoms with Crippen molar-refractivity contribution in [3.8, 4) is 5.75 Å². The van der Waals surface area contributed by atoms with Gasteiger partial charge in [0, 0.05) is 36.7 Å². The Morgan fingerprint density at radius 2 is 1.62 bits per heavy atom. The molecule has 0 atom stereocenters. The van der Waals surface area contributed by atoms with Gasteiger partial charge >= 0.3 is 17.6 Å². The summed E-state index contributed by atoms with van der Waals surface area (Å²) in [6.07, 6.45) is 2.84. The molecule has 0 unspecified atom stereocenters. The normalized spacial score (nSPS) is 17.4. The van der Waals surface area contributed by atoms with E-state index in [1.807, 2.05) is 4.90 Å². The molecule has 3 aromatic rings. The zero-order valence-corrected chi connectivity index (χ0v) is 19.6. The number of aromatic nitrogens is 2. The number of ketones is 1. The summed E-state index contributed by atoms with van der Waals surface area (Å²) < 4.78 is 20.1. The smallest absolute Gasteiger partial charge is 0.365 e. The highest BCUT2D eigenvalue weighted by atomic mass is 19.1. The second kappa shape index (κ2) is 9.94. The zero-order chi connectivity index (χ0) is 26.1. The van der Waals surface area contributed by atoms with Gasteiger partial charge in [0.15, 0.2) is 5.78 Å². The average Bonchev–Trinajstić information content (AvgIpc) is 2.89. The van der Waals surface area contributed by atoms with E-state index in [-0.39, 0.29) is 34.9 Å². The Morgan fingerprint density at radius 1 is 0.919 bits per heavy atom. The molecule has 2 aliphatic rings. The lowest BCUT2D eigenvalue weighted by molar-refractivity contribution is -0.139. The number of carbonyl (C=O) groups excluding carboxylic acids is 3. The number of Topliss-reactive ketones (excluding diaryl/α,β-unsaturated/α-hetero) is 1. The maximum absolute atomic E-state index is 13.3. The first-order valence-corrected chi connectivity index (χ1v) is 11.7. The number of halogens is 1. The molecule has 11 heteroatoms. The average molecular weight is 507 g/mol. The first kappa shape index (κ1) is 24.3. The van der Waals surface area contributed by atoms with Crippen LogP contribution in [0.1, 0.15) is 23.2 Å². The van der Waals surface area contributed by atoms with Crippen LogP contribution in [0.25, 0.3) is 10.9 Å². The molecule has 1 fully saturated rings. The molecule has 0 saturated carbocycles. The van der Waals surface area contributed by atoms with Crippen molar-refractivity contribution in [2.75, 3.05) is 19.6 Å². The number of esters is 1. The summed E-state index contributed by atoms with van der Waals surface area (Å²) >= 11 is 0. The molecule has 1 saturated heterocycles. The molecular weight excluding hydrogens is 485 g/mol. The van der Waals surface area contributed by atoms with Crippen LogP contribution < -0.4 is 20.8 Å². The Labute approximate surface area is 209 Å². The summed E-state index contributed by atoms with van der Waals surface area (Å²) in [5.74, 6) is -2.54. The van der Waals surface area contributed by atoms with Gasteiger partial charge in [0.05, 0.1) is 0 Å². The number of piperidine rings is 1. The molecule has 4 bridgehead atoms.